The van der Waals surface area contributed by atoms with E-state index in [4.69, 9.17) is 5.11 Å². The van der Waals surface area contributed by atoms with E-state index in [1.165, 1.54) is 57.8 Å². The molecule has 1 saturated carbocycles. The summed E-state index contributed by atoms with van der Waals surface area (Å²) < 4.78 is 0. The third kappa shape index (κ3) is 5.55. The van der Waals surface area contributed by atoms with Crippen LogP contribution < -0.4 is 0 Å². The number of unbranched alkanes of at least 4 members (excludes halogenated alkanes) is 3. The first-order chi connectivity index (χ1) is 7.36. The van der Waals surface area contributed by atoms with Gasteiger partial charge in [0.1, 0.15) is 0 Å². The quantitative estimate of drug-likeness (QED) is 0.599. The first-order valence-electron chi connectivity index (χ1n) is 6.97. The number of aliphatic hydroxyl groups excluding tert-OH is 1. The molecule has 15 heavy (non-hydrogen) atoms. The molecule has 0 radical (unpaired) electrons. The maximum absolute atomic E-state index is 8.70. The van der Waals surface area contributed by atoms with E-state index in [1.54, 1.807) is 0 Å². The Morgan fingerprint density at radius 3 is 2.20 bits per heavy atom. The van der Waals surface area contributed by atoms with Crippen LogP contribution in [-0.4, -0.2) is 11.7 Å². The van der Waals surface area contributed by atoms with Gasteiger partial charge in [-0.25, -0.2) is 0 Å². The standard InChI is InChI=1S/C14H28O/c1-2-3-7-13-9-10-14(12-13)8-5-4-6-11-15/h13-15H,2-12H2,1H3. The van der Waals surface area contributed by atoms with Crippen molar-refractivity contribution in [2.45, 2.75) is 71.1 Å². The second kappa shape index (κ2) is 8.15. The van der Waals surface area contributed by atoms with Crippen LogP contribution >= 0.6 is 0 Å². The Morgan fingerprint density at radius 2 is 1.60 bits per heavy atom. The van der Waals surface area contributed by atoms with Crippen molar-refractivity contribution in [3.63, 3.8) is 0 Å². The lowest BCUT2D eigenvalue weighted by molar-refractivity contribution is 0.280. The van der Waals surface area contributed by atoms with Crippen LogP contribution in [0.1, 0.15) is 71.1 Å². The van der Waals surface area contributed by atoms with Crippen LogP contribution in [0.3, 0.4) is 0 Å². The summed E-state index contributed by atoms with van der Waals surface area (Å²) in [5.41, 5.74) is 0. The summed E-state index contributed by atoms with van der Waals surface area (Å²) in [5, 5.41) is 8.70. The minimum absolute atomic E-state index is 0.379. The molecule has 2 atom stereocenters. The lowest BCUT2D eigenvalue weighted by atomic mass is 9.96. The van der Waals surface area contributed by atoms with E-state index in [9.17, 15) is 0 Å². The van der Waals surface area contributed by atoms with Gasteiger partial charge >= 0.3 is 0 Å². The van der Waals surface area contributed by atoms with Crippen LogP contribution in [-0.2, 0) is 0 Å². The van der Waals surface area contributed by atoms with Crippen molar-refractivity contribution in [2.75, 3.05) is 6.61 Å². The first-order valence-corrected chi connectivity index (χ1v) is 6.97. The molecule has 1 aliphatic carbocycles. The smallest absolute Gasteiger partial charge is 0.0431 e. The molecular weight excluding hydrogens is 184 g/mol. The van der Waals surface area contributed by atoms with E-state index in [-0.39, 0.29) is 0 Å². The van der Waals surface area contributed by atoms with Crippen LogP contribution in [0.4, 0.5) is 0 Å². The van der Waals surface area contributed by atoms with Crippen LogP contribution in [0.5, 0.6) is 0 Å². The van der Waals surface area contributed by atoms with Crippen molar-refractivity contribution in [3.8, 4) is 0 Å². The second-order valence-electron chi connectivity index (χ2n) is 5.26. The van der Waals surface area contributed by atoms with Gasteiger partial charge in [-0.3, -0.25) is 0 Å². The molecular formula is C14H28O. The summed E-state index contributed by atoms with van der Waals surface area (Å²) in [4.78, 5) is 0. The van der Waals surface area contributed by atoms with Crippen molar-refractivity contribution in [1.29, 1.82) is 0 Å². The molecule has 0 spiro atoms. The van der Waals surface area contributed by atoms with E-state index in [0.717, 1.165) is 18.3 Å². The Bertz CT molecular complexity index is 144. The molecule has 2 unspecified atom stereocenters. The Labute approximate surface area is 95.3 Å². The van der Waals surface area contributed by atoms with Gasteiger partial charge in [-0.1, -0.05) is 58.3 Å². The van der Waals surface area contributed by atoms with Crippen molar-refractivity contribution in [1.82, 2.24) is 0 Å². The summed E-state index contributed by atoms with van der Waals surface area (Å²) in [7, 11) is 0. The fourth-order valence-electron chi connectivity index (χ4n) is 2.92. The van der Waals surface area contributed by atoms with Gasteiger partial charge in [0.05, 0.1) is 0 Å². The van der Waals surface area contributed by atoms with E-state index < -0.39 is 0 Å². The lowest BCUT2D eigenvalue weighted by Crippen LogP contribution is -1.97. The minimum atomic E-state index is 0.379. The van der Waals surface area contributed by atoms with Crippen LogP contribution in [0.25, 0.3) is 0 Å². The normalized spacial score (nSPS) is 26.0. The zero-order valence-electron chi connectivity index (χ0n) is 10.4. The van der Waals surface area contributed by atoms with Gasteiger partial charge in [-0.05, 0) is 24.7 Å². The monoisotopic (exact) mass is 212 g/mol. The topological polar surface area (TPSA) is 20.2 Å². The molecule has 1 nitrogen and oxygen atoms in total. The van der Waals surface area contributed by atoms with Crippen molar-refractivity contribution in [3.05, 3.63) is 0 Å². The third-order valence-electron chi connectivity index (χ3n) is 3.89. The molecule has 1 rings (SSSR count). The molecule has 0 aliphatic heterocycles. The van der Waals surface area contributed by atoms with Gasteiger partial charge in [0.15, 0.2) is 0 Å². The number of hydrogen-bond donors (Lipinski definition) is 1. The molecule has 90 valence electrons. The summed E-state index contributed by atoms with van der Waals surface area (Å²) >= 11 is 0. The molecule has 1 fully saturated rings. The molecule has 0 aromatic heterocycles. The number of rotatable bonds is 8. The fraction of sp³-hybridized carbons (Fsp3) is 1.00. The highest BCUT2D eigenvalue weighted by molar-refractivity contribution is 4.75. The van der Waals surface area contributed by atoms with Crippen molar-refractivity contribution >= 4 is 0 Å². The maximum Gasteiger partial charge on any atom is 0.0431 e. The van der Waals surface area contributed by atoms with Crippen LogP contribution in [0, 0.1) is 11.8 Å². The number of aliphatic hydroxyl groups is 1. The Morgan fingerprint density at radius 1 is 0.933 bits per heavy atom. The average molecular weight is 212 g/mol. The van der Waals surface area contributed by atoms with Crippen molar-refractivity contribution < 1.29 is 5.11 Å². The minimum Gasteiger partial charge on any atom is -0.396 e. The van der Waals surface area contributed by atoms with Gasteiger partial charge in [-0.15, -0.1) is 0 Å². The number of hydrogen-bond acceptors (Lipinski definition) is 1. The highest BCUT2D eigenvalue weighted by atomic mass is 16.2. The Hall–Kier alpha value is -0.0400. The van der Waals surface area contributed by atoms with Gasteiger partial charge < -0.3 is 5.11 Å². The van der Waals surface area contributed by atoms with Crippen molar-refractivity contribution in [2.24, 2.45) is 11.8 Å². The fourth-order valence-corrected chi connectivity index (χ4v) is 2.92. The largest absolute Gasteiger partial charge is 0.396 e. The Balaban J connectivity index is 1.98. The zero-order valence-corrected chi connectivity index (χ0v) is 10.4. The molecule has 0 aromatic rings. The van der Waals surface area contributed by atoms with Crippen LogP contribution in [0.15, 0.2) is 0 Å². The Kier molecular flexibility index (Phi) is 7.08. The molecule has 0 aromatic carbocycles. The highest BCUT2D eigenvalue weighted by Gasteiger charge is 2.23. The first kappa shape index (κ1) is 13.0. The van der Waals surface area contributed by atoms with E-state index in [0.29, 0.717) is 6.61 Å². The summed E-state index contributed by atoms with van der Waals surface area (Å²) in [6.45, 7) is 2.67. The van der Waals surface area contributed by atoms with Crippen LogP contribution in [0.2, 0.25) is 0 Å². The van der Waals surface area contributed by atoms with E-state index in [2.05, 4.69) is 6.92 Å². The van der Waals surface area contributed by atoms with Gasteiger partial charge in [-0.2, -0.15) is 0 Å². The van der Waals surface area contributed by atoms with E-state index >= 15 is 0 Å². The van der Waals surface area contributed by atoms with E-state index in [1.807, 2.05) is 0 Å². The molecule has 1 heteroatoms. The molecule has 0 amide bonds. The summed E-state index contributed by atoms with van der Waals surface area (Å²) in [6.07, 6.45) is 13.7. The van der Waals surface area contributed by atoms with Gasteiger partial charge in [0.2, 0.25) is 0 Å². The molecule has 0 bridgehead atoms. The van der Waals surface area contributed by atoms with Gasteiger partial charge in [0.25, 0.3) is 0 Å². The third-order valence-corrected chi connectivity index (χ3v) is 3.89. The average Bonchev–Trinajstić information content (AvgIpc) is 2.69. The molecule has 0 heterocycles. The summed E-state index contributed by atoms with van der Waals surface area (Å²) in [5.74, 6) is 2.07. The molecule has 1 aliphatic rings. The lowest BCUT2D eigenvalue weighted by Gasteiger charge is -2.10. The SMILES string of the molecule is CCCCC1CCC(CCCCCO)C1. The predicted octanol–water partition coefficient (Wildman–Crippen LogP) is 4.15. The molecule has 0 saturated heterocycles. The second-order valence-corrected chi connectivity index (χ2v) is 5.26. The van der Waals surface area contributed by atoms with Gasteiger partial charge in [0, 0.05) is 6.61 Å². The predicted molar refractivity (Wildman–Crippen MR) is 65.9 cm³/mol. The zero-order chi connectivity index (χ0) is 10.9. The maximum atomic E-state index is 8.70. The summed E-state index contributed by atoms with van der Waals surface area (Å²) in [6, 6.07) is 0. The molecule has 1 N–H and O–H groups in total. The highest BCUT2D eigenvalue weighted by Crippen LogP contribution is 2.36.